The third kappa shape index (κ3) is 4.67. The number of aliphatic hydroxyl groups excluding tert-OH is 2. The van der Waals surface area contributed by atoms with E-state index in [2.05, 4.69) is 5.32 Å². The van der Waals surface area contributed by atoms with Crippen LogP contribution < -0.4 is 5.32 Å². The number of rotatable bonds is 6. The Hall–Kier alpha value is 0.282. The summed E-state index contributed by atoms with van der Waals surface area (Å²) in [7, 11) is 0. The Bertz CT molecular complexity index is 477. The predicted molar refractivity (Wildman–Crippen MR) is 80.1 cm³/mol. The molecule has 1 rings (SSSR count). The summed E-state index contributed by atoms with van der Waals surface area (Å²) in [6.45, 7) is 4.71. The molecule has 1 radical (unpaired) electrons. The fourth-order valence-corrected chi connectivity index (χ4v) is 3.34. The van der Waals surface area contributed by atoms with Gasteiger partial charge in [0.25, 0.3) is 5.97 Å². The summed E-state index contributed by atoms with van der Waals surface area (Å²) in [5, 5.41) is 31.0. The van der Waals surface area contributed by atoms with Gasteiger partial charge >= 0.3 is 0 Å². The van der Waals surface area contributed by atoms with Gasteiger partial charge in [-0.1, -0.05) is 32.5 Å². The van der Waals surface area contributed by atoms with Gasteiger partial charge in [0.15, 0.2) is 5.54 Å². The van der Waals surface area contributed by atoms with E-state index in [0.29, 0.717) is 11.8 Å². The molecule has 0 spiro atoms. The minimum Gasteiger partial charge on any atom is -0.665 e. The molecular formula is C13H21AcN2O6S-. The van der Waals surface area contributed by atoms with Gasteiger partial charge in [-0.3, -0.25) is 14.4 Å². The molecule has 1 fully saturated rings. The van der Waals surface area contributed by atoms with Crippen LogP contribution in [0.1, 0.15) is 20.8 Å². The van der Waals surface area contributed by atoms with Crippen molar-refractivity contribution in [1.29, 1.82) is 0 Å². The van der Waals surface area contributed by atoms with Crippen LogP contribution in [0.3, 0.4) is 0 Å². The monoisotopic (exact) mass is 560 g/mol. The van der Waals surface area contributed by atoms with Crippen LogP contribution in [0.4, 0.5) is 0 Å². The first-order valence-corrected chi connectivity index (χ1v) is 7.83. The Morgan fingerprint density at radius 1 is 1.43 bits per heavy atom. The van der Waals surface area contributed by atoms with Crippen molar-refractivity contribution in [3.05, 3.63) is 5.73 Å². The first kappa shape index (κ1) is 23.3. The van der Waals surface area contributed by atoms with Crippen molar-refractivity contribution in [3.8, 4) is 0 Å². The van der Waals surface area contributed by atoms with Crippen molar-refractivity contribution in [3.63, 3.8) is 0 Å². The molecular weight excluding hydrogens is 539 g/mol. The second kappa shape index (κ2) is 9.11. The van der Waals surface area contributed by atoms with Gasteiger partial charge in [-0.05, 0) is 17.7 Å². The second-order valence-corrected chi connectivity index (χ2v) is 6.76. The molecule has 23 heavy (non-hydrogen) atoms. The molecule has 0 aliphatic carbocycles. The minimum atomic E-state index is -1.88. The summed E-state index contributed by atoms with van der Waals surface area (Å²) in [5.74, 6) is -3.55. The molecule has 129 valence electrons. The van der Waals surface area contributed by atoms with Crippen LogP contribution in [-0.4, -0.2) is 61.9 Å². The molecule has 1 heterocycles. The average molecular weight is 560 g/mol. The molecule has 1 saturated heterocycles. The third-order valence-electron chi connectivity index (χ3n) is 3.80. The summed E-state index contributed by atoms with van der Waals surface area (Å²) in [6, 6.07) is -1.51. The van der Waals surface area contributed by atoms with Crippen molar-refractivity contribution in [2.24, 2.45) is 11.8 Å². The molecule has 1 aliphatic heterocycles. The van der Waals surface area contributed by atoms with Crippen molar-refractivity contribution < 1.29 is 73.8 Å². The largest absolute Gasteiger partial charge is 0.665 e. The number of amides is 1. The molecule has 5 atom stereocenters. The van der Waals surface area contributed by atoms with Crippen LogP contribution in [-0.2, 0) is 14.4 Å². The minimum absolute atomic E-state index is 0. The maximum absolute atomic E-state index is 12.5. The van der Waals surface area contributed by atoms with Gasteiger partial charge in [0.1, 0.15) is 0 Å². The number of carboxylic acid groups (broad SMARTS) is 1. The van der Waals surface area contributed by atoms with Gasteiger partial charge in [-0.2, -0.15) is 0 Å². The Balaban J connectivity index is 0.00000484. The van der Waals surface area contributed by atoms with Crippen LogP contribution in [0.5, 0.6) is 0 Å². The zero-order valence-corrected chi connectivity index (χ0v) is 18.7. The van der Waals surface area contributed by atoms with Crippen LogP contribution in [0.2, 0.25) is 0 Å². The Morgan fingerprint density at radius 2 is 1.96 bits per heavy atom. The summed E-state index contributed by atoms with van der Waals surface area (Å²) >= 11 is 0.521. The summed E-state index contributed by atoms with van der Waals surface area (Å²) in [4.78, 5) is 34.9. The summed E-state index contributed by atoms with van der Waals surface area (Å²) < 4.78 is 0. The molecule has 1 amide bonds. The topological polar surface area (TPSA) is 148 Å². The number of hydrogen-bond acceptors (Lipinski definition) is 6. The molecule has 0 aromatic heterocycles. The first-order chi connectivity index (χ1) is 10.1. The number of nitrogens with one attached hydrogen (secondary N) is 2. The van der Waals surface area contributed by atoms with E-state index < -0.39 is 52.6 Å². The molecule has 0 bridgehead atoms. The third-order valence-corrected chi connectivity index (χ3v) is 4.90. The molecule has 1 aliphatic rings. The van der Waals surface area contributed by atoms with E-state index >= 15 is 0 Å². The molecule has 0 aromatic rings. The maximum Gasteiger partial charge on any atom is 0.286 e. The number of thioether (sulfide) groups is 1. The van der Waals surface area contributed by atoms with E-state index in [0.717, 1.165) is 0 Å². The molecule has 10 heteroatoms. The fourth-order valence-electron chi connectivity index (χ4n) is 2.35. The van der Waals surface area contributed by atoms with Crippen molar-refractivity contribution in [2.45, 2.75) is 44.6 Å². The average Bonchev–Trinajstić information content (AvgIpc) is 2.68. The van der Waals surface area contributed by atoms with Gasteiger partial charge in [0, 0.05) is 44.1 Å². The molecule has 0 aromatic carbocycles. The number of carbonyl (C=O) groups excluding carboxylic acids is 2. The summed E-state index contributed by atoms with van der Waals surface area (Å²) in [5.41, 5.74) is 5.41. The normalized spacial score (nSPS) is 29.6. The van der Waals surface area contributed by atoms with Crippen molar-refractivity contribution in [2.75, 3.05) is 5.75 Å². The zero-order chi connectivity index (χ0) is 17.2. The van der Waals surface area contributed by atoms with E-state index in [-0.39, 0.29) is 49.8 Å². The van der Waals surface area contributed by atoms with E-state index in [4.69, 9.17) is 10.8 Å². The standard InChI is InChI=1S/C13H21N2O6S.Ac/c1-5(2)8(16)13(9(17)6(3)10(18)15-13)12(21)22-4-7(14)11(19)20;/h5-9,14,16-17H,4H2,1-3H3,(H,15,18)(H,19,20);/q-1;/t6-,7?,8?,9?,13-;/m1./s1. The second-order valence-electron chi connectivity index (χ2n) is 5.77. The number of aliphatic carboxylic acids is 1. The molecule has 5 N–H and O–H groups in total. The van der Waals surface area contributed by atoms with Crippen LogP contribution in [0, 0.1) is 55.9 Å². The Labute approximate surface area is 174 Å². The molecule has 8 nitrogen and oxygen atoms in total. The van der Waals surface area contributed by atoms with Gasteiger partial charge in [-0.15, -0.1) is 0 Å². The Kier molecular flexibility index (Phi) is 9.22. The fraction of sp³-hybridized carbons (Fsp3) is 0.769. The van der Waals surface area contributed by atoms with Gasteiger partial charge in [-0.25, -0.2) is 0 Å². The predicted octanol–water partition coefficient (Wildman–Crippen LogP) is -0.366. The maximum atomic E-state index is 12.5. The van der Waals surface area contributed by atoms with Gasteiger partial charge < -0.3 is 26.4 Å². The van der Waals surface area contributed by atoms with E-state index in [1.54, 1.807) is 13.8 Å². The molecule has 0 saturated carbocycles. The van der Waals surface area contributed by atoms with Crippen molar-refractivity contribution in [1.82, 2.24) is 5.32 Å². The zero-order valence-electron chi connectivity index (χ0n) is 13.1. The Morgan fingerprint density at radius 3 is 2.30 bits per heavy atom. The van der Waals surface area contributed by atoms with Crippen LogP contribution in [0.25, 0.3) is 5.73 Å². The number of carboxylic acids is 1. The van der Waals surface area contributed by atoms with E-state index in [1.807, 2.05) is 0 Å². The van der Waals surface area contributed by atoms with Crippen LogP contribution in [0.15, 0.2) is 0 Å². The molecule has 3 unspecified atom stereocenters. The smallest absolute Gasteiger partial charge is 0.286 e. The van der Waals surface area contributed by atoms with E-state index in [1.165, 1.54) is 6.92 Å². The number of aliphatic hydroxyl groups is 2. The van der Waals surface area contributed by atoms with Crippen molar-refractivity contribution >= 4 is 28.8 Å². The van der Waals surface area contributed by atoms with Gasteiger partial charge in [0.05, 0.1) is 18.1 Å². The van der Waals surface area contributed by atoms with Gasteiger partial charge in [0.2, 0.25) is 11.0 Å². The quantitative estimate of drug-likeness (QED) is 0.347. The summed E-state index contributed by atoms with van der Waals surface area (Å²) in [6.07, 6.45) is -2.75. The van der Waals surface area contributed by atoms with Crippen LogP contribution >= 0.6 is 11.8 Å². The number of carbonyl (C=O) groups is 3. The first-order valence-electron chi connectivity index (χ1n) is 6.85. The van der Waals surface area contributed by atoms with E-state index in [9.17, 15) is 24.6 Å². The number of hydrogen-bond donors (Lipinski definition) is 4. The SMILES string of the molecule is CC(C)C(O)[C@@]1(C(=O)SCC([NH-])C(=O)O)NC(=O)[C@H](C)C1O.[Ac].